The highest BCUT2D eigenvalue weighted by Crippen LogP contribution is 2.28. The molecule has 8 heteroatoms. The van der Waals surface area contributed by atoms with Crippen molar-refractivity contribution in [1.29, 1.82) is 0 Å². The van der Waals surface area contributed by atoms with Crippen LogP contribution in [-0.2, 0) is 0 Å². The summed E-state index contributed by atoms with van der Waals surface area (Å²) < 4.78 is 1.92. The number of nitrogens with zero attached hydrogens (tertiary/aromatic N) is 6. The molecule has 2 aliphatic heterocycles. The van der Waals surface area contributed by atoms with Crippen LogP contribution in [0.5, 0.6) is 0 Å². The van der Waals surface area contributed by atoms with Crippen LogP contribution in [0.3, 0.4) is 0 Å². The lowest BCUT2D eigenvalue weighted by Gasteiger charge is -2.40. The maximum absolute atomic E-state index is 13.3. The van der Waals surface area contributed by atoms with E-state index in [4.69, 9.17) is 0 Å². The van der Waals surface area contributed by atoms with Gasteiger partial charge in [0.05, 0.1) is 0 Å². The summed E-state index contributed by atoms with van der Waals surface area (Å²) in [6, 6.07) is 4.58. The molecule has 162 valence electrons. The van der Waals surface area contributed by atoms with Crippen molar-refractivity contribution in [2.75, 3.05) is 44.2 Å². The van der Waals surface area contributed by atoms with E-state index in [2.05, 4.69) is 20.0 Å². The van der Waals surface area contributed by atoms with Gasteiger partial charge < -0.3 is 9.80 Å². The van der Waals surface area contributed by atoms with Crippen LogP contribution in [0.15, 0.2) is 18.3 Å². The van der Waals surface area contributed by atoms with Crippen LogP contribution in [0.2, 0.25) is 0 Å². The first-order valence-corrected chi connectivity index (χ1v) is 12.4. The van der Waals surface area contributed by atoms with Gasteiger partial charge in [-0.25, -0.2) is 0 Å². The van der Waals surface area contributed by atoms with Crippen LogP contribution in [-0.4, -0.2) is 75.8 Å². The van der Waals surface area contributed by atoms with E-state index in [9.17, 15) is 4.79 Å². The zero-order valence-electron chi connectivity index (χ0n) is 17.7. The van der Waals surface area contributed by atoms with E-state index in [1.807, 2.05) is 27.8 Å². The number of rotatable bonds is 4. The quantitative estimate of drug-likeness (QED) is 0.747. The summed E-state index contributed by atoms with van der Waals surface area (Å²) in [6.45, 7) is 5.73. The second kappa shape index (κ2) is 9.06. The van der Waals surface area contributed by atoms with Gasteiger partial charge in [-0.15, -0.1) is 10.2 Å². The lowest BCUT2D eigenvalue weighted by molar-refractivity contribution is 0.0516. The van der Waals surface area contributed by atoms with Gasteiger partial charge in [-0.2, -0.15) is 0 Å². The highest BCUT2D eigenvalue weighted by molar-refractivity contribution is 7.17. The van der Waals surface area contributed by atoms with E-state index in [-0.39, 0.29) is 5.91 Å². The lowest BCUT2D eigenvalue weighted by Crippen LogP contribution is -2.52. The van der Waals surface area contributed by atoms with E-state index in [0.717, 1.165) is 55.6 Å². The van der Waals surface area contributed by atoms with Crippen molar-refractivity contribution in [3.63, 3.8) is 0 Å². The molecule has 0 aromatic carbocycles. The van der Waals surface area contributed by atoms with Crippen LogP contribution in [0.25, 0.3) is 5.13 Å². The molecule has 0 atom stereocenters. The minimum Gasteiger partial charge on any atom is -0.347 e. The summed E-state index contributed by atoms with van der Waals surface area (Å²) in [4.78, 5) is 20.2. The molecule has 0 bridgehead atoms. The number of hydrogen-bond donors (Lipinski definition) is 0. The number of piperazine rings is 1. The number of carbonyl (C=O) groups is 1. The van der Waals surface area contributed by atoms with Gasteiger partial charge in [-0.05, 0) is 44.2 Å². The predicted octanol–water partition coefficient (Wildman–Crippen LogP) is 3.41. The minimum atomic E-state index is 0.109. The molecule has 0 N–H and O–H groups in total. The zero-order chi connectivity index (χ0) is 20.3. The maximum Gasteiger partial charge on any atom is 0.270 e. The Bertz CT molecular complexity index is 843. The summed E-state index contributed by atoms with van der Waals surface area (Å²) in [7, 11) is 0. The molecule has 3 fully saturated rings. The normalized spacial score (nSPS) is 21.9. The Kier molecular flexibility index (Phi) is 6.04. The molecular weight excluding hydrogens is 396 g/mol. The Labute approximate surface area is 182 Å². The molecule has 1 aliphatic carbocycles. The average Bonchev–Trinajstić information content (AvgIpc) is 3.50. The molecule has 1 saturated carbocycles. The molecule has 4 heterocycles. The lowest BCUT2D eigenvalue weighted by atomic mass is 9.94. The third kappa shape index (κ3) is 4.12. The van der Waals surface area contributed by atoms with E-state index in [1.165, 1.54) is 51.4 Å². The number of aromatic nitrogens is 3. The molecular formula is C22H32N6OS. The molecule has 2 aromatic heterocycles. The molecule has 5 rings (SSSR count). The van der Waals surface area contributed by atoms with Gasteiger partial charge >= 0.3 is 0 Å². The summed E-state index contributed by atoms with van der Waals surface area (Å²) in [5, 5.41) is 10.6. The molecule has 0 unspecified atom stereocenters. The Morgan fingerprint density at radius 1 is 0.867 bits per heavy atom. The van der Waals surface area contributed by atoms with Crippen molar-refractivity contribution in [3.05, 3.63) is 24.0 Å². The molecule has 30 heavy (non-hydrogen) atoms. The van der Waals surface area contributed by atoms with Crippen LogP contribution >= 0.6 is 11.3 Å². The van der Waals surface area contributed by atoms with Gasteiger partial charge in [0.1, 0.15) is 5.69 Å². The molecule has 2 aromatic rings. The van der Waals surface area contributed by atoms with E-state index in [1.54, 1.807) is 11.3 Å². The van der Waals surface area contributed by atoms with Gasteiger partial charge in [0.2, 0.25) is 10.3 Å². The van der Waals surface area contributed by atoms with E-state index < -0.39 is 0 Å². The van der Waals surface area contributed by atoms with E-state index in [0.29, 0.717) is 5.69 Å². The summed E-state index contributed by atoms with van der Waals surface area (Å²) >= 11 is 1.58. The van der Waals surface area contributed by atoms with Crippen molar-refractivity contribution in [2.45, 2.75) is 57.4 Å². The average molecular weight is 429 g/mol. The van der Waals surface area contributed by atoms with Crippen molar-refractivity contribution < 1.29 is 4.79 Å². The largest absolute Gasteiger partial charge is 0.347 e. The predicted molar refractivity (Wildman–Crippen MR) is 120 cm³/mol. The van der Waals surface area contributed by atoms with Crippen molar-refractivity contribution in [2.24, 2.45) is 0 Å². The van der Waals surface area contributed by atoms with Gasteiger partial charge in [0.25, 0.3) is 5.91 Å². The Morgan fingerprint density at radius 3 is 2.33 bits per heavy atom. The summed E-state index contributed by atoms with van der Waals surface area (Å²) in [5.41, 5.74) is 0.697. The third-order valence-electron chi connectivity index (χ3n) is 6.90. The first-order valence-electron chi connectivity index (χ1n) is 11.6. The van der Waals surface area contributed by atoms with Crippen LogP contribution < -0.4 is 4.90 Å². The monoisotopic (exact) mass is 428 g/mol. The first-order chi connectivity index (χ1) is 14.8. The van der Waals surface area contributed by atoms with Gasteiger partial charge in [0, 0.05) is 51.5 Å². The van der Waals surface area contributed by atoms with Crippen molar-refractivity contribution in [1.82, 2.24) is 24.6 Å². The van der Waals surface area contributed by atoms with Gasteiger partial charge in [0.15, 0.2) is 0 Å². The Balaban J connectivity index is 1.25. The van der Waals surface area contributed by atoms with Crippen LogP contribution in [0.4, 0.5) is 5.13 Å². The van der Waals surface area contributed by atoms with E-state index >= 15 is 0 Å². The van der Waals surface area contributed by atoms with Crippen LogP contribution in [0, 0.1) is 0 Å². The zero-order valence-corrected chi connectivity index (χ0v) is 18.5. The Hall–Kier alpha value is -1.93. The standard InChI is InChI=1S/C22H32N6OS/c29-20(26-16-14-25(15-17-26)18-8-3-1-4-9-18)19-10-7-13-28(19)22-24-23-21(30-22)27-11-5-2-6-12-27/h7,10,13,18H,1-6,8-9,11-12,14-17H2. The van der Waals surface area contributed by atoms with Crippen LogP contribution in [0.1, 0.15) is 61.9 Å². The number of amides is 1. The number of carbonyl (C=O) groups excluding carboxylic acids is 1. The highest BCUT2D eigenvalue weighted by atomic mass is 32.1. The first kappa shape index (κ1) is 20.0. The second-order valence-corrected chi connectivity index (χ2v) is 9.73. The number of hydrogen-bond acceptors (Lipinski definition) is 6. The molecule has 3 aliphatic rings. The topological polar surface area (TPSA) is 57.5 Å². The number of anilines is 1. The van der Waals surface area contributed by atoms with Crippen molar-refractivity contribution >= 4 is 22.4 Å². The van der Waals surface area contributed by atoms with Gasteiger partial charge in [-0.1, -0.05) is 30.6 Å². The third-order valence-corrected chi connectivity index (χ3v) is 7.88. The molecule has 0 spiro atoms. The molecule has 2 saturated heterocycles. The number of piperidine rings is 1. The fraction of sp³-hybridized carbons (Fsp3) is 0.682. The minimum absolute atomic E-state index is 0.109. The summed E-state index contributed by atoms with van der Waals surface area (Å²) in [5.74, 6) is 0.109. The second-order valence-electron chi connectivity index (χ2n) is 8.80. The smallest absolute Gasteiger partial charge is 0.270 e. The Morgan fingerprint density at radius 2 is 1.57 bits per heavy atom. The SMILES string of the molecule is O=C(c1cccn1-c1nnc(N2CCCCC2)s1)N1CCN(C2CCCCC2)CC1. The molecule has 7 nitrogen and oxygen atoms in total. The maximum atomic E-state index is 13.3. The summed E-state index contributed by atoms with van der Waals surface area (Å²) in [6.07, 6.45) is 12.4. The van der Waals surface area contributed by atoms with Crippen molar-refractivity contribution in [3.8, 4) is 5.13 Å². The van der Waals surface area contributed by atoms with Gasteiger partial charge in [-0.3, -0.25) is 14.3 Å². The molecule has 0 radical (unpaired) electrons. The fourth-order valence-electron chi connectivity index (χ4n) is 5.14. The highest BCUT2D eigenvalue weighted by Gasteiger charge is 2.29. The fourth-order valence-corrected chi connectivity index (χ4v) is 6.03. The molecule has 1 amide bonds.